The third-order valence-corrected chi connectivity index (χ3v) is 2.69. The number of hydrogen-bond acceptors (Lipinski definition) is 3. The highest BCUT2D eigenvalue weighted by Gasteiger charge is 2.07. The van der Waals surface area contributed by atoms with Crippen molar-refractivity contribution in [2.24, 2.45) is 12.8 Å². The summed E-state index contributed by atoms with van der Waals surface area (Å²) in [5.41, 5.74) is 6.76. The summed E-state index contributed by atoms with van der Waals surface area (Å²) in [5, 5.41) is 4.56. The predicted octanol–water partition coefficient (Wildman–Crippen LogP) is 2.89. The van der Waals surface area contributed by atoms with E-state index in [1.807, 2.05) is 32.2 Å². The van der Waals surface area contributed by atoms with Gasteiger partial charge < -0.3 is 10.5 Å². The smallest absolute Gasteiger partial charge is 0.165 e. The van der Waals surface area contributed by atoms with E-state index in [1.54, 1.807) is 17.1 Å². The van der Waals surface area contributed by atoms with Gasteiger partial charge in [0.15, 0.2) is 5.75 Å². The number of nitrogens with two attached hydrogens (primary N) is 1. The zero-order valence-corrected chi connectivity index (χ0v) is 10.5. The van der Waals surface area contributed by atoms with Crippen LogP contribution in [0.1, 0.15) is 18.5 Å². The van der Waals surface area contributed by atoms with Crippen molar-refractivity contribution in [3.05, 3.63) is 41.2 Å². The van der Waals surface area contributed by atoms with Crippen molar-refractivity contribution in [3.8, 4) is 11.5 Å². The van der Waals surface area contributed by atoms with Crippen LogP contribution in [0.5, 0.6) is 11.5 Å². The molecular weight excluding hydrogens is 238 g/mol. The minimum absolute atomic E-state index is 0.0417. The van der Waals surface area contributed by atoms with Crippen molar-refractivity contribution in [1.29, 1.82) is 0 Å². The van der Waals surface area contributed by atoms with E-state index in [9.17, 15) is 0 Å². The lowest BCUT2D eigenvalue weighted by Gasteiger charge is -2.09. The summed E-state index contributed by atoms with van der Waals surface area (Å²) < 4.78 is 7.27. The molecule has 2 aromatic rings. The van der Waals surface area contributed by atoms with Gasteiger partial charge >= 0.3 is 0 Å². The fraction of sp³-hybridized carbons (Fsp3) is 0.250. The maximum atomic E-state index is 6.12. The number of nitrogens with zero attached hydrogens (tertiary/aromatic N) is 2. The highest BCUT2D eigenvalue weighted by atomic mass is 35.5. The van der Waals surface area contributed by atoms with Crippen LogP contribution in [0.4, 0.5) is 0 Å². The summed E-state index contributed by atoms with van der Waals surface area (Å²) in [6.45, 7) is 1.91. The van der Waals surface area contributed by atoms with Gasteiger partial charge in [0.1, 0.15) is 5.75 Å². The van der Waals surface area contributed by atoms with Gasteiger partial charge in [-0.25, -0.2) is 0 Å². The van der Waals surface area contributed by atoms with Crippen molar-refractivity contribution >= 4 is 11.6 Å². The van der Waals surface area contributed by atoms with Crippen LogP contribution in [0.2, 0.25) is 5.02 Å². The van der Waals surface area contributed by atoms with Crippen molar-refractivity contribution in [1.82, 2.24) is 9.78 Å². The van der Waals surface area contributed by atoms with Gasteiger partial charge in [-0.05, 0) is 24.6 Å². The summed E-state index contributed by atoms with van der Waals surface area (Å²) >= 11 is 6.12. The van der Waals surface area contributed by atoms with E-state index in [1.165, 1.54) is 0 Å². The van der Waals surface area contributed by atoms with Crippen molar-refractivity contribution in [2.45, 2.75) is 13.0 Å². The van der Waals surface area contributed by atoms with Gasteiger partial charge in [-0.3, -0.25) is 4.68 Å². The van der Waals surface area contributed by atoms with Crippen LogP contribution >= 0.6 is 11.6 Å². The molecule has 0 saturated carbocycles. The second kappa shape index (κ2) is 4.77. The first-order valence-electron chi connectivity index (χ1n) is 5.28. The number of aryl methyl sites for hydroxylation is 1. The molecule has 0 amide bonds. The number of hydrogen-bond donors (Lipinski definition) is 1. The molecular formula is C12H14ClN3O. The zero-order valence-electron chi connectivity index (χ0n) is 9.72. The Kier molecular flexibility index (Phi) is 3.36. The molecule has 1 heterocycles. The third-order valence-electron chi connectivity index (χ3n) is 2.39. The molecule has 5 heteroatoms. The third kappa shape index (κ3) is 2.78. The Balaban J connectivity index is 2.22. The lowest BCUT2D eigenvalue weighted by atomic mass is 10.1. The summed E-state index contributed by atoms with van der Waals surface area (Å²) in [4.78, 5) is 0. The molecule has 17 heavy (non-hydrogen) atoms. The molecule has 2 N–H and O–H groups in total. The van der Waals surface area contributed by atoms with Crippen molar-refractivity contribution in [2.75, 3.05) is 0 Å². The summed E-state index contributed by atoms with van der Waals surface area (Å²) in [6, 6.07) is 5.49. The van der Waals surface area contributed by atoms with Gasteiger partial charge in [-0.15, -0.1) is 0 Å². The molecule has 0 aliphatic carbocycles. The lowest BCUT2D eigenvalue weighted by molar-refractivity contribution is 0.482. The average molecular weight is 252 g/mol. The van der Waals surface area contributed by atoms with Crippen LogP contribution in [-0.4, -0.2) is 9.78 Å². The van der Waals surface area contributed by atoms with E-state index in [0.717, 1.165) is 5.56 Å². The minimum atomic E-state index is -0.0417. The maximum Gasteiger partial charge on any atom is 0.165 e. The van der Waals surface area contributed by atoms with Gasteiger partial charge in [0.25, 0.3) is 0 Å². The van der Waals surface area contributed by atoms with Gasteiger partial charge in [-0.2, -0.15) is 5.10 Å². The maximum absolute atomic E-state index is 6.12. The Labute approximate surface area is 105 Å². The molecule has 90 valence electrons. The van der Waals surface area contributed by atoms with E-state index in [0.29, 0.717) is 16.5 Å². The molecule has 1 aromatic carbocycles. The predicted molar refractivity (Wildman–Crippen MR) is 67.3 cm³/mol. The van der Waals surface area contributed by atoms with Crippen LogP contribution in [0, 0.1) is 0 Å². The highest BCUT2D eigenvalue weighted by Crippen LogP contribution is 2.30. The Morgan fingerprint density at radius 3 is 2.76 bits per heavy atom. The van der Waals surface area contributed by atoms with Crippen LogP contribution in [0.3, 0.4) is 0 Å². The van der Waals surface area contributed by atoms with Crippen LogP contribution in [0.25, 0.3) is 0 Å². The number of rotatable bonds is 3. The Morgan fingerprint density at radius 2 is 2.24 bits per heavy atom. The molecule has 4 nitrogen and oxygen atoms in total. The fourth-order valence-corrected chi connectivity index (χ4v) is 1.69. The lowest BCUT2D eigenvalue weighted by Crippen LogP contribution is -2.04. The van der Waals surface area contributed by atoms with Crippen LogP contribution in [0.15, 0.2) is 30.6 Å². The first-order chi connectivity index (χ1) is 8.06. The summed E-state index contributed by atoms with van der Waals surface area (Å²) in [6.07, 6.45) is 3.41. The molecule has 1 aromatic heterocycles. The second-order valence-electron chi connectivity index (χ2n) is 3.93. The molecule has 0 spiro atoms. The van der Waals surface area contributed by atoms with Crippen molar-refractivity contribution < 1.29 is 4.74 Å². The number of ether oxygens (including phenoxy) is 1. The molecule has 0 fully saturated rings. The molecule has 0 saturated heterocycles. The highest BCUT2D eigenvalue weighted by molar-refractivity contribution is 6.32. The average Bonchev–Trinajstić information content (AvgIpc) is 2.67. The summed E-state index contributed by atoms with van der Waals surface area (Å²) in [5.74, 6) is 1.26. The molecule has 0 radical (unpaired) electrons. The van der Waals surface area contributed by atoms with Crippen LogP contribution < -0.4 is 10.5 Å². The van der Waals surface area contributed by atoms with E-state index in [-0.39, 0.29) is 6.04 Å². The molecule has 0 aliphatic heterocycles. The largest absolute Gasteiger partial charge is 0.452 e. The molecule has 0 bridgehead atoms. The molecule has 0 unspecified atom stereocenters. The zero-order chi connectivity index (χ0) is 12.4. The Bertz CT molecular complexity index is 522. The number of aromatic nitrogens is 2. The van der Waals surface area contributed by atoms with E-state index >= 15 is 0 Å². The fourth-order valence-electron chi connectivity index (χ4n) is 1.46. The standard InChI is InChI=1S/C12H14ClN3O/c1-8(14)9-3-4-12(11(13)5-9)17-10-6-15-16(2)7-10/h3-8H,14H2,1-2H3/t8-/m1/s1. The quantitative estimate of drug-likeness (QED) is 0.913. The Morgan fingerprint density at radius 1 is 1.47 bits per heavy atom. The van der Waals surface area contributed by atoms with Gasteiger partial charge in [0, 0.05) is 13.1 Å². The summed E-state index contributed by atoms with van der Waals surface area (Å²) in [7, 11) is 1.83. The number of halogens is 1. The Hall–Kier alpha value is -1.52. The van der Waals surface area contributed by atoms with E-state index < -0.39 is 0 Å². The van der Waals surface area contributed by atoms with Gasteiger partial charge in [0.2, 0.25) is 0 Å². The molecule has 2 rings (SSSR count). The first-order valence-corrected chi connectivity index (χ1v) is 5.65. The topological polar surface area (TPSA) is 53.1 Å². The van der Waals surface area contributed by atoms with Gasteiger partial charge in [-0.1, -0.05) is 17.7 Å². The minimum Gasteiger partial charge on any atom is -0.452 e. The molecule has 0 aliphatic rings. The van der Waals surface area contributed by atoms with E-state index in [4.69, 9.17) is 22.1 Å². The van der Waals surface area contributed by atoms with Gasteiger partial charge in [0.05, 0.1) is 17.4 Å². The number of benzene rings is 1. The normalized spacial score (nSPS) is 12.5. The first kappa shape index (κ1) is 12.0. The monoisotopic (exact) mass is 251 g/mol. The SMILES string of the molecule is C[C@@H](N)c1ccc(Oc2cnn(C)c2)c(Cl)c1. The molecule has 1 atom stereocenters. The van der Waals surface area contributed by atoms with Crippen molar-refractivity contribution in [3.63, 3.8) is 0 Å². The van der Waals surface area contributed by atoms with Crippen LogP contribution in [-0.2, 0) is 7.05 Å². The second-order valence-corrected chi connectivity index (χ2v) is 4.34. The van der Waals surface area contributed by atoms with E-state index in [2.05, 4.69) is 5.10 Å².